The van der Waals surface area contributed by atoms with Crippen LogP contribution >= 0.6 is 23.2 Å². The Hall–Kier alpha value is -3.42. The normalized spacial score (nSPS) is 10.8. The molecule has 32 heavy (non-hydrogen) atoms. The van der Waals surface area contributed by atoms with Crippen LogP contribution < -0.4 is 10.1 Å². The molecule has 162 valence electrons. The number of ether oxygens (including phenoxy) is 1. The molecule has 0 aliphatic heterocycles. The molecule has 0 saturated carbocycles. The molecule has 1 N–H and O–H groups in total. The summed E-state index contributed by atoms with van der Waals surface area (Å²) in [5.74, 6) is -0.271. The van der Waals surface area contributed by atoms with Gasteiger partial charge in [-0.3, -0.25) is 4.79 Å². The molecule has 1 heterocycles. The quantitative estimate of drug-likeness (QED) is 0.373. The Bertz CT molecular complexity index is 1280. The van der Waals surface area contributed by atoms with Gasteiger partial charge in [-0.05, 0) is 61.5 Å². The summed E-state index contributed by atoms with van der Waals surface area (Å²) < 4.78 is 20.7. The predicted octanol–water partition coefficient (Wildman–Crippen LogP) is 6.03. The van der Waals surface area contributed by atoms with Crippen LogP contribution in [0.4, 0.5) is 10.1 Å². The summed E-state index contributed by atoms with van der Waals surface area (Å²) in [5.41, 5.74) is 2.17. The van der Waals surface area contributed by atoms with E-state index < -0.39 is 0 Å². The van der Waals surface area contributed by atoms with Crippen LogP contribution in [0.2, 0.25) is 10.0 Å². The van der Waals surface area contributed by atoms with Gasteiger partial charge in [-0.15, -0.1) is 5.10 Å². The van der Waals surface area contributed by atoms with Gasteiger partial charge in [0.05, 0.1) is 22.3 Å². The highest BCUT2D eigenvalue weighted by Gasteiger charge is 2.15. The smallest absolute Gasteiger partial charge is 0.336 e. The van der Waals surface area contributed by atoms with Gasteiger partial charge in [0.25, 0.3) is 5.91 Å². The second-order valence-corrected chi connectivity index (χ2v) is 7.52. The fraction of sp³-hybridized carbons (Fsp3) is 0.0870. The van der Waals surface area contributed by atoms with Crippen molar-refractivity contribution in [1.82, 2.24) is 14.8 Å². The maximum absolute atomic E-state index is 13.8. The monoisotopic (exact) mass is 470 g/mol. The van der Waals surface area contributed by atoms with Gasteiger partial charge in [-0.1, -0.05) is 35.3 Å². The third kappa shape index (κ3) is 4.74. The van der Waals surface area contributed by atoms with E-state index in [1.807, 2.05) is 6.92 Å². The minimum absolute atomic E-state index is 0.184. The lowest BCUT2D eigenvalue weighted by atomic mass is 10.2. The number of hydrogen-bond donors (Lipinski definition) is 1. The number of nitrogens with one attached hydrogen (secondary N) is 1. The summed E-state index contributed by atoms with van der Waals surface area (Å²) in [6.45, 7) is 2.22. The van der Waals surface area contributed by atoms with Gasteiger partial charge in [-0.25, -0.2) is 9.07 Å². The van der Waals surface area contributed by atoms with Crippen molar-refractivity contribution in [2.75, 3.05) is 11.9 Å². The molecule has 0 aliphatic rings. The van der Waals surface area contributed by atoms with E-state index in [1.54, 1.807) is 53.2 Å². The number of carbonyl (C=O) groups excluding carboxylic acids is 1. The van der Waals surface area contributed by atoms with E-state index in [0.717, 1.165) is 0 Å². The Balaban J connectivity index is 1.61. The number of nitrogens with zero attached hydrogens (tertiary/aromatic N) is 3. The van der Waals surface area contributed by atoms with Crippen molar-refractivity contribution in [3.63, 3.8) is 0 Å². The summed E-state index contributed by atoms with van der Waals surface area (Å²) in [4.78, 5) is 16.9. The summed E-state index contributed by atoms with van der Waals surface area (Å²) in [6, 6.07) is 17.9. The molecule has 0 radical (unpaired) electrons. The fourth-order valence-electron chi connectivity index (χ4n) is 3.00. The van der Waals surface area contributed by atoms with Crippen molar-refractivity contribution < 1.29 is 13.9 Å². The fourth-order valence-corrected chi connectivity index (χ4v) is 3.30. The molecule has 6 nitrogen and oxygen atoms in total. The van der Waals surface area contributed by atoms with Crippen molar-refractivity contribution in [2.24, 2.45) is 0 Å². The Morgan fingerprint density at radius 2 is 1.84 bits per heavy atom. The van der Waals surface area contributed by atoms with Gasteiger partial charge in [0.15, 0.2) is 5.82 Å². The van der Waals surface area contributed by atoms with E-state index in [9.17, 15) is 9.18 Å². The van der Waals surface area contributed by atoms with Gasteiger partial charge in [0.2, 0.25) is 0 Å². The summed E-state index contributed by atoms with van der Waals surface area (Å²) >= 11 is 11.9. The van der Waals surface area contributed by atoms with E-state index in [0.29, 0.717) is 45.0 Å². The Labute approximate surface area is 193 Å². The molecule has 0 bridgehead atoms. The second-order valence-electron chi connectivity index (χ2n) is 6.70. The molecule has 4 rings (SSSR count). The van der Waals surface area contributed by atoms with Crippen LogP contribution in [0, 0.1) is 5.82 Å². The van der Waals surface area contributed by atoms with Crippen LogP contribution in [-0.2, 0) is 0 Å². The predicted molar refractivity (Wildman–Crippen MR) is 122 cm³/mol. The third-order valence-corrected chi connectivity index (χ3v) is 5.23. The summed E-state index contributed by atoms with van der Waals surface area (Å²) in [7, 11) is 0. The lowest BCUT2D eigenvalue weighted by Crippen LogP contribution is -2.12. The van der Waals surface area contributed by atoms with Crippen LogP contribution in [0.3, 0.4) is 0 Å². The molecular formula is C23H17Cl2FN4O2. The summed E-state index contributed by atoms with van der Waals surface area (Å²) in [6.07, 6.45) is 0. The Morgan fingerprint density at radius 3 is 2.53 bits per heavy atom. The lowest BCUT2D eigenvalue weighted by molar-refractivity contribution is 0.102. The van der Waals surface area contributed by atoms with E-state index in [4.69, 9.17) is 27.9 Å². The van der Waals surface area contributed by atoms with Crippen LogP contribution in [0.1, 0.15) is 17.3 Å². The van der Waals surface area contributed by atoms with Crippen molar-refractivity contribution in [3.05, 3.63) is 88.2 Å². The van der Waals surface area contributed by atoms with Gasteiger partial charge < -0.3 is 10.1 Å². The lowest BCUT2D eigenvalue weighted by Gasteiger charge is -2.09. The number of amides is 1. The number of rotatable bonds is 6. The maximum atomic E-state index is 13.8. The molecule has 0 unspecified atom stereocenters. The molecule has 0 spiro atoms. The molecule has 0 aliphatic carbocycles. The number of anilines is 1. The molecule has 0 saturated heterocycles. The van der Waals surface area contributed by atoms with Gasteiger partial charge >= 0.3 is 6.01 Å². The van der Waals surface area contributed by atoms with Crippen LogP contribution in [-0.4, -0.2) is 27.3 Å². The number of aromatic nitrogens is 3. The minimum atomic E-state index is -0.379. The topological polar surface area (TPSA) is 69.0 Å². The van der Waals surface area contributed by atoms with Gasteiger partial charge in [-0.2, -0.15) is 4.98 Å². The number of benzene rings is 3. The van der Waals surface area contributed by atoms with Crippen molar-refractivity contribution >= 4 is 34.8 Å². The van der Waals surface area contributed by atoms with Crippen molar-refractivity contribution in [1.29, 1.82) is 0 Å². The van der Waals surface area contributed by atoms with Gasteiger partial charge in [0.1, 0.15) is 5.82 Å². The third-order valence-electron chi connectivity index (χ3n) is 4.50. The first kappa shape index (κ1) is 21.8. The highest BCUT2D eigenvalue weighted by Crippen LogP contribution is 2.26. The molecule has 1 aromatic heterocycles. The first-order valence-corrected chi connectivity index (χ1v) is 10.4. The molecule has 3 aromatic carbocycles. The van der Waals surface area contributed by atoms with Crippen LogP contribution in [0.5, 0.6) is 6.01 Å². The SMILES string of the molecule is CCOc1nc(-c2cccc(F)c2)n(-c2ccc(NC(=O)c3ccc(Cl)c(Cl)c3)cc2)n1. The average molecular weight is 471 g/mol. The molecule has 0 atom stereocenters. The van der Waals surface area contributed by atoms with E-state index in [2.05, 4.69) is 15.4 Å². The van der Waals surface area contributed by atoms with Crippen LogP contribution in [0.25, 0.3) is 17.1 Å². The molecular weight excluding hydrogens is 454 g/mol. The highest BCUT2D eigenvalue weighted by molar-refractivity contribution is 6.42. The first-order valence-electron chi connectivity index (χ1n) is 9.67. The van der Waals surface area contributed by atoms with Crippen LogP contribution in [0.15, 0.2) is 66.7 Å². The number of halogens is 3. The molecule has 0 fully saturated rings. The average Bonchev–Trinajstić information content (AvgIpc) is 3.20. The first-order chi connectivity index (χ1) is 15.4. The molecule has 1 amide bonds. The van der Waals surface area contributed by atoms with Crippen molar-refractivity contribution in [3.8, 4) is 23.1 Å². The zero-order valence-electron chi connectivity index (χ0n) is 16.8. The van der Waals surface area contributed by atoms with Gasteiger partial charge in [0, 0.05) is 16.8 Å². The molecule has 9 heteroatoms. The second kappa shape index (κ2) is 9.38. The maximum Gasteiger partial charge on any atom is 0.336 e. The number of carbonyl (C=O) groups is 1. The largest absolute Gasteiger partial charge is 0.463 e. The Kier molecular flexibility index (Phi) is 6.39. The summed E-state index contributed by atoms with van der Waals surface area (Å²) in [5, 5.41) is 7.86. The van der Waals surface area contributed by atoms with E-state index in [-0.39, 0.29) is 17.7 Å². The zero-order chi connectivity index (χ0) is 22.7. The highest BCUT2D eigenvalue weighted by atomic mass is 35.5. The van der Waals surface area contributed by atoms with E-state index >= 15 is 0 Å². The minimum Gasteiger partial charge on any atom is -0.463 e. The van der Waals surface area contributed by atoms with E-state index in [1.165, 1.54) is 18.2 Å². The van der Waals surface area contributed by atoms with Crippen molar-refractivity contribution in [2.45, 2.75) is 6.92 Å². The Morgan fingerprint density at radius 1 is 1.06 bits per heavy atom. The molecule has 4 aromatic rings. The standard InChI is InChI=1S/C23H17Cl2FN4O2/c1-2-32-23-28-21(14-4-3-5-16(26)12-14)30(29-23)18-9-7-17(8-10-18)27-22(31)15-6-11-19(24)20(25)13-15/h3-13H,2H2,1H3,(H,27,31). The zero-order valence-corrected chi connectivity index (χ0v) is 18.4. The number of hydrogen-bond acceptors (Lipinski definition) is 4.